The van der Waals surface area contributed by atoms with Crippen molar-refractivity contribution in [1.82, 2.24) is 25.4 Å². The fourth-order valence-corrected chi connectivity index (χ4v) is 5.35. The van der Waals surface area contributed by atoms with Crippen molar-refractivity contribution in [2.24, 2.45) is 5.84 Å². The summed E-state index contributed by atoms with van der Waals surface area (Å²) in [6.45, 7) is 3.67. The molecular formula is C36H35ClN6O5. The smallest absolute Gasteiger partial charge is 0.281 e. The minimum atomic E-state index is -0.448. The number of phenolic OH excluding ortho intramolecular Hbond substituents is 1. The van der Waals surface area contributed by atoms with Crippen LogP contribution in [0.3, 0.4) is 0 Å². The number of ether oxygens (including phenoxy) is 2. The fourth-order valence-electron chi connectivity index (χ4n) is 5.22. The lowest BCUT2D eigenvalue weighted by atomic mass is 10.1. The molecule has 48 heavy (non-hydrogen) atoms. The van der Waals surface area contributed by atoms with Crippen LogP contribution in [0.5, 0.6) is 17.2 Å². The Morgan fingerprint density at radius 2 is 1.56 bits per heavy atom. The molecule has 1 amide bonds. The van der Waals surface area contributed by atoms with Crippen molar-refractivity contribution in [2.45, 2.75) is 19.8 Å². The van der Waals surface area contributed by atoms with Crippen molar-refractivity contribution < 1.29 is 23.9 Å². The molecule has 1 aromatic heterocycles. The molecule has 1 saturated heterocycles. The van der Waals surface area contributed by atoms with Crippen LogP contribution in [0.4, 0.5) is 0 Å². The van der Waals surface area contributed by atoms with Crippen molar-refractivity contribution >= 4 is 23.6 Å². The van der Waals surface area contributed by atoms with Gasteiger partial charge in [-0.1, -0.05) is 71.4 Å². The molecule has 0 atom stereocenters. The lowest BCUT2D eigenvalue weighted by molar-refractivity contribution is -0.119. The summed E-state index contributed by atoms with van der Waals surface area (Å²) in [6.07, 6.45) is 1.63. The van der Waals surface area contributed by atoms with Crippen molar-refractivity contribution in [3.63, 3.8) is 0 Å². The predicted molar refractivity (Wildman–Crippen MR) is 182 cm³/mol. The average Bonchev–Trinajstić information content (AvgIpc) is 3.59. The Labute approximate surface area is 283 Å². The molecule has 11 nitrogen and oxygen atoms in total. The molecule has 0 aliphatic carbocycles. The van der Waals surface area contributed by atoms with Gasteiger partial charge in [0, 0.05) is 48.4 Å². The number of aromatic nitrogens is 2. The van der Waals surface area contributed by atoms with Crippen LogP contribution >= 0.6 is 11.6 Å². The molecule has 0 spiro atoms. The molecule has 4 aromatic carbocycles. The van der Waals surface area contributed by atoms with E-state index in [0.29, 0.717) is 79.7 Å². The Kier molecular flexibility index (Phi) is 10.5. The van der Waals surface area contributed by atoms with E-state index < -0.39 is 5.91 Å². The van der Waals surface area contributed by atoms with E-state index in [1.165, 1.54) is 6.07 Å². The number of phenols is 1. The highest BCUT2D eigenvalue weighted by atomic mass is 35.5. The minimum Gasteiger partial charge on any atom is -0.507 e. The van der Waals surface area contributed by atoms with Gasteiger partial charge in [-0.2, -0.15) is 4.98 Å². The molecule has 0 unspecified atom stereocenters. The number of hydrogen-bond acceptors (Lipinski definition) is 10. The number of nitrogens with one attached hydrogen (secondary N) is 1. The molecular weight excluding hydrogens is 632 g/mol. The maximum Gasteiger partial charge on any atom is 0.281 e. The Balaban J connectivity index is 1.02. The van der Waals surface area contributed by atoms with Gasteiger partial charge in [0.1, 0.15) is 36.2 Å². The molecule has 1 aliphatic heterocycles. The monoisotopic (exact) mass is 666 g/mol. The van der Waals surface area contributed by atoms with E-state index in [0.717, 1.165) is 22.4 Å². The van der Waals surface area contributed by atoms with Crippen LogP contribution in [0.15, 0.2) is 107 Å². The summed E-state index contributed by atoms with van der Waals surface area (Å²) in [7, 11) is 0. The van der Waals surface area contributed by atoms with E-state index in [1.54, 1.807) is 30.3 Å². The number of benzene rings is 4. The van der Waals surface area contributed by atoms with Crippen LogP contribution in [0.1, 0.15) is 22.6 Å². The number of aromatic hydroxyl groups is 1. The zero-order chi connectivity index (χ0) is 33.3. The van der Waals surface area contributed by atoms with Crippen molar-refractivity contribution in [2.75, 3.05) is 26.2 Å². The van der Waals surface area contributed by atoms with Gasteiger partial charge in [0.05, 0.1) is 6.54 Å². The number of amides is 1. The van der Waals surface area contributed by atoms with Crippen molar-refractivity contribution in [3.05, 3.63) is 130 Å². The minimum absolute atomic E-state index is 0.00497. The Morgan fingerprint density at radius 3 is 2.25 bits per heavy atom. The fraction of sp³-hybridized carbons (Fsp3) is 0.194. The van der Waals surface area contributed by atoms with E-state index in [9.17, 15) is 9.90 Å². The zero-order valence-corrected chi connectivity index (χ0v) is 26.8. The second kappa shape index (κ2) is 15.5. The Morgan fingerprint density at radius 1 is 0.896 bits per heavy atom. The molecule has 6 rings (SSSR count). The van der Waals surface area contributed by atoms with Crippen LogP contribution in [0.25, 0.3) is 17.5 Å². The van der Waals surface area contributed by atoms with E-state index in [2.05, 4.69) is 20.5 Å². The lowest BCUT2D eigenvalue weighted by Crippen LogP contribution is -2.48. The number of carbonyl (C=O) groups is 1. The summed E-state index contributed by atoms with van der Waals surface area (Å²) < 4.78 is 17.2. The van der Waals surface area contributed by atoms with Gasteiger partial charge >= 0.3 is 0 Å². The van der Waals surface area contributed by atoms with E-state index in [1.807, 2.05) is 71.6 Å². The van der Waals surface area contributed by atoms with Crippen molar-refractivity contribution in [3.8, 4) is 28.6 Å². The summed E-state index contributed by atoms with van der Waals surface area (Å²) in [5.41, 5.74) is 5.92. The molecule has 1 aliphatic rings. The molecule has 12 heteroatoms. The molecule has 1 fully saturated rings. The van der Waals surface area contributed by atoms with Crippen LogP contribution in [-0.4, -0.2) is 57.1 Å². The summed E-state index contributed by atoms with van der Waals surface area (Å²) in [5.74, 6) is 7.35. The number of rotatable bonds is 12. The normalized spacial score (nSPS) is 13.7. The zero-order valence-electron chi connectivity index (χ0n) is 26.1. The Bertz CT molecular complexity index is 1840. The second-order valence-corrected chi connectivity index (χ2v) is 11.6. The third-order valence-corrected chi connectivity index (χ3v) is 8.13. The molecule has 0 bridgehead atoms. The van der Waals surface area contributed by atoms with E-state index in [4.69, 9.17) is 31.4 Å². The maximum atomic E-state index is 12.8. The van der Waals surface area contributed by atoms with Gasteiger partial charge in [0.25, 0.3) is 5.91 Å². The number of hydrogen-bond donors (Lipinski definition) is 3. The van der Waals surface area contributed by atoms with Gasteiger partial charge in [-0.25, -0.2) is 5.84 Å². The number of hydrazine groups is 1. The highest BCUT2D eigenvalue weighted by Crippen LogP contribution is 2.28. The first kappa shape index (κ1) is 32.6. The number of nitrogens with zero attached hydrogens (tertiary/aromatic N) is 4. The molecule has 246 valence electrons. The largest absolute Gasteiger partial charge is 0.507 e. The third kappa shape index (κ3) is 8.51. The number of halogens is 1. The van der Waals surface area contributed by atoms with Gasteiger partial charge in [0.2, 0.25) is 11.7 Å². The first-order valence-corrected chi connectivity index (χ1v) is 15.8. The molecule has 2 heterocycles. The molecule has 0 saturated carbocycles. The summed E-state index contributed by atoms with van der Waals surface area (Å²) in [5, 5.41) is 15.6. The average molecular weight is 667 g/mol. The summed E-state index contributed by atoms with van der Waals surface area (Å²) in [6, 6.07) is 29.8. The van der Waals surface area contributed by atoms with Crippen LogP contribution in [-0.2, 0) is 24.6 Å². The van der Waals surface area contributed by atoms with Gasteiger partial charge in [-0.05, 0) is 53.6 Å². The molecule has 4 N–H and O–H groups in total. The van der Waals surface area contributed by atoms with Gasteiger partial charge in [-0.3, -0.25) is 15.1 Å². The van der Waals surface area contributed by atoms with Gasteiger partial charge in [0.15, 0.2) is 0 Å². The van der Waals surface area contributed by atoms with E-state index in [-0.39, 0.29) is 5.75 Å². The topological polar surface area (TPSA) is 139 Å². The highest BCUT2D eigenvalue weighted by Gasteiger charge is 2.24. The molecule has 5 aromatic rings. The SMILES string of the molecule is NNC(=O)C(=Cc1ccc(OCc2ccccc2)cc1O)N1CCN(Cc2nc(-c3ccc(COc4ccc(Cl)cc4)cc3)no2)CC1. The van der Waals surface area contributed by atoms with Crippen LogP contribution in [0, 0.1) is 0 Å². The number of piperazine rings is 1. The Hall–Kier alpha value is -5.36. The van der Waals surface area contributed by atoms with Crippen molar-refractivity contribution in [1.29, 1.82) is 0 Å². The maximum absolute atomic E-state index is 12.8. The second-order valence-electron chi connectivity index (χ2n) is 11.2. The van der Waals surface area contributed by atoms with Gasteiger partial charge < -0.3 is 24.0 Å². The first-order valence-electron chi connectivity index (χ1n) is 15.4. The van der Waals surface area contributed by atoms with Gasteiger partial charge in [-0.15, -0.1) is 0 Å². The standard InChI is InChI=1S/C36H35ClN6O5/c37-29-11-14-30(15-12-29)46-24-26-6-8-27(9-7-26)35-39-34(48-41-35)22-42-16-18-43(19-17-42)32(36(45)40-38)20-28-10-13-31(21-33(28)44)47-23-25-4-2-1-3-5-25/h1-15,20-21,44H,16-19,22-24,38H2,(H,40,45). The summed E-state index contributed by atoms with van der Waals surface area (Å²) in [4.78, 5) is 21.5. The van der Waals surface area contributed by atoms with Crippen LogP contribution in [0.2, 0.25) is 5.02 Å². The summed E-state index contributed by atoms with van der Waals surface area (Å²) >= 11 is 5.94. The van der Waals surface area contributed by atoms with Crippen LogP contribution < -0.4 is 20.7 Å². The van der Waals surface area contributed by atoms with E-state index >= 15 is 0 Å². The number of carbonyl (C=O) groups excluding carboxylic acids is 1. The quantitative estimate of drug-likeness (QED) is 0.0686. The lowest BCUT2D eigenvalue weighted by Gasteiger charge is -2.36. The first-order chi connectivity index (χ1) is 23.4. The number of nitrogens with two attached hydrogens (primary N) is 1. The highest BCUT2D eigenvalue weighted by molar-refractivity contribution is 6.30. The predicted octanol–water partition coefficient (Wildman–Crippen LogP) is 5.40. The third-order valence-electron chi connectivity index (χ3n) is 7.88. The molecule has 0 radical (unpaired) electrons.